The zero-order chi connectivity index (χ0) is 14.9. The first-order valence-corrected chi connectivity index (χ1v) is 7.08. The molecule has 2 N–H and O–H groups in total. The molecular weight excluding hydrogens is 294 g/mol. The summed E-state index contributed by atoms with van der Waals surface area (Å²) in [6.45, 7) is 0. The van der Waals surface area contributed by atoms with Crippen LogP contribution in [-0.4, -0.2) is 26.3 Å². The van der Waals surface area contributed by atoms with E-state index < -0.39 is 44.4 Å². The van der Waals surface area contributed by atoms with Crippen molar-refractivity contribution < 1.29 is 26.8 Å². The van der Waals surface area contributed by atoms with Gasteiger partial charge in [-0.1, -0.05) is 0 Å². The summed E-state index contributed by atoms with van der Waals surface area (Å²) in [5.41, 5.74) is 0. The number of nitrogens with one attached hydrogen (secondary N) is 2. The Labute approximate surface area is 113 Å². The van der Waals surface area contributed by atoms with Crippen molar-refractivity contribution in [1.82, 2.24) is 10.0 Å². The lowest BCUT2D eigenvalue weighted by Crippen LogP contribution is -2.52. The van der Waals surface area contributed by atoms with Crippen molar-refractivity contribution >= 4 is 21.8 Å². The molecule has 1 fully saturated rings. The van der Waals surface area contributed by atoms with E-state index in [0.717, 1.165) is 0 Å². The smallest absolute Gasteiger partial charge is 0.244 e. The number of hydrogen-bond donors (Lipinski definition) is 2. The molecular formula is C11H10F2N2O4S. The summed E-state index contributed by atoms with van der Waals surface area (Å²) in [7, 11) is -4.26. The number of carbonyl (C=O) groups is 2. The van der Waals surface area contributed by atoms with Crippen LogP contribution in [0, 0.1) is 11.6 Å². The Balaban J connectivity index is 2.23. The second kappa shape index (κ2) is 5.25. The minimum atomic E-state index is -4.26. The van der Waals surface area contributed by atoms with Crippen LogP contribution in [0.15, 0.2) is 23.1 Å². The van der Waals surface area contributed by atoms with E-state index in [1.165, 1.54) is 0 Å². The molecule has 108 valence electrons. The molecule has 0 bridgehead atoms. The van der Waals surface area contributed by atoms with Gasteiger partial charge in [0.1, 0.15) is 17.7 Å². The molecule has 1 aliphatic rings. The molecule has 1 aromatic carbocycles. The van der Waals surface area contributed by atoms with Gasteiger partial charge in [0.25, 0.3) is 0 Å². The highest BCUT2D eigenvalue weighted by Gasteiger charge is 2.31. The van der Waals surface area contributed by atoms with Crippen molar-refractivity contribution in [1.29, 1.82) is 0 Å². The molecule has 1 unspecified atom stereocenters. The van der Waals surface area contributed by atoms with E-state index in [2.05, 4.69) is 0 Å². The number of carbonyl (C=O) groups excluding carboxylic acids is 2. The molecule has 0 aliphatic carbocycles. The van der Waals surface area contributed by atoms with Crippen LogP contribution in [0.1, 0.15) is 12.8 Å². The normalized spacial score (nSPS) is 19.8. The molecule has 2 rings (SSSR count). The maximum atomic E-state index is 13.0. The van der Waals surface area contributed by atoms with Crippen LogP contribution >= 0.6 is 0 Å². The van der Waals surface area contributed by atoms with Gasteiger partial charge in [0.2, 0.25) is 21.8 Å². The zero-order valence-electron chi connectivity index (χ0n) is 10.0. The van der Waals surface area contributed by atoms with Crippen LogP contribution < -0.4 is 10.0 Å². The molecule has 9 heteroatoms. The predicted octanol–water partition coefficient (Wildman–Crippen LogP) is 0.0483. The van der Waals surface area contributed by atoms with Gasteiger partial charge in [0.05, 0.1) is 4.90 Å². The van der Waals surface area contributed by atoms with Crippen LogP contribution in [-0.2, 0) is 19.6 Å². The van der Waals surface area contributed by atoms with Crippen LogP contribution in [0.4, 0.5) is 8.78 Å². The minimum absolute atomic E-state index is 0.0122. The quantitative estimate of drug-likeness (QED) is 0.772. The third-order valence-corrected chi connectivity index (χ3v) is 4.13. The second-order valence-corrected chi connectivity index (χ2v) is 5.94. The number of hydrogen-bond acceptors (Lipinski definition) is 4. The lowest BCUT2D eigenvalue weighted by atomic mass is 10.1. The lowest BCUT2D eigenvalue weighted by Gasteiger charge is -2.21. The van der Waals surface area contributed by atoms with Crippen LogP contribution in [0.3, 0.4) is 0 Å². The van der Waals surface area contributed by atoms with Gasteiger partial charge >= 0.3 is 0 Å². The Morgan fingerprint density at radius 3 is 2.30 bits per heavy atom. The topological polar surface area (TPSA) is 92.3 Å². The molecule has 1 aliphatic heterocycles. The summed E-state index contributed by atoms with van der Waals surface area (Å²) < 4.78 is 51.9. The number of piperidine rings is 1. The summed E-state index contributed by atoms with van der Waals surface area (Å²) in [4.78, 5) is 21.8. The summed E-state index contributed by atoms with van der Waals surface area (Å²) in [6.07, 6.45) is -0.0296. The Morgan fingerprint density at radius 1 is 1.15 bits per heavy atom. The third-order valence-electron chi connectivity index (χ3n) is 2.68. The van der Waals surface area contributed by atoms with Crippen molar-refractivity contribution in [3.8, 4) is 0 Å². The maximum absolute atomic E-state index is 13.0. The summed E-state index contributed by atoms with van der Waals surface area (Å²) in [5.74, 6) is -3.38. The average Bonchev–Trinajstić information content (AvgIpc) is 2.31. The largest absolute Gasteiger partial charge is 0.295 e. The van der Waals surface area contributed by atoms with Crippen molar-refractivity contribution in [2.45, 2.75) is 23.8 Å². The molecule has 0 spiro atoms. The van der Waals surface area contributed by atoms with E-state index in [1.54, 1.807) is 0 Å². The fraction of sp³-hybridized carbons (Fsp3) is 0.273. The molecule has 1 heterocycles. The lowest BCUT2D eigenvalue weighted by molar-refractivity contribution is -0.134. The predicted molar refractivity (Wildman–Crippen MR) is 62.9 cm³/mol. The van der Waals surface area contributed by atoms with E-state index in [0.29, 0.717) is 18.2 Å². The fourth-order valence-electron chi connectivity index (χ4n) is 1.75. The average molecular weight is 304 g/mol. The van der Waals surface area contributed by atoms with Gasteiger partial charge in [0.15, 0.2) is 0 Å². The highest BCUT2D eigenvalue weighted by molar-refractivity contribution is 7.89. The number of halogens is 2. The van der Waals surface area contributed by atoms with Crippen LogP contribution in [0.25, 0.3) is 0 Å². The van der Waals surface area contributed by atoms with E-state index in [9.17, 15) is 26.8 Å². The summed E-state index contributed by atoms with van der Waals surface area (Å²) >= 11 is 0. The molecule has 0 saturated carbocycles. The molecule has 1 aromatic rings. The Hall–Kier alpha value is -1.87. The Kier molecular flexibility index (Phi) is 3.82. The van der Waals surface area contributed by atoms with Crippen LogP contribution in [0.2, 0.25) is 0 Å². The van der Waals surface area contributed by atoms with Crippen LogP contribution in [0.5, 0.6) is 0 Å². The summed E-state index contributed by atoms with van der Waals surface area (Å²) in [6, 6.07) is 0.656. The monoisotopic (exact) mass is 304 g/mol. The SMILES string of the molecule is O=C1CCC(NS(=O)(=O)c2cc(F)cc(F)c2)C(=O)N1. The molecule has 6 nitrogen and oxygen atoms in total. The number of rotatable bonds is 3. The number of amides is 2. The molecule has 20 heavy (non-hydrogen) atoms. The number of benzene rings is 1. The van der Waals surface area contributed by atoms with Crippen molar-refractivity contribution in [2.24, 2.45) is 0 Å². The first-order valence-electron chi connectivity index (χ1n) is 5.60. The first kappa shape index (κ1) is 14.5. The molecule has 1 saturated heterocycles. The molecule has 1 atom stereocenters. The Bertz CT molecular complexity index is 655. The van der Waals surface area contributed by atoms with Gasteiger partial charge in [0, 0.05) is 12.5 Å². The van der Waals surface area contributed by atoms with Gasteiger partial charge < -0.3 is 0 Å². The van der Waals surface area contributed by atoms with Crippen molar-refractivity contribution in [3.63, 3.8) is 0 Å². The van der Waals surface area contributed by atoms with Gasteiger partial charge in [-0.15, -0.1) is 0 Å². The van der Waals surface area contributed by atoms with E-state index >= 15 is 0 Å². The third kappa shape index (κ3) is 3.17. The summed E-state index contributed by atoms with van der Waals surface area (Å²) in [5, 5.41) is 1.97. The van der Waals surface area contributed by atoms with E-state index in [4.69, 9.17) is 0 Å². The maximum Gasteiger partial charge on any atom is 0.244 e. The fourth-order valence-corrected chi connectivity index (χ4v) is 3.02. The van der Waals surface area contributed by atoms with Gasteiger partial charge in [-0.05, 0) is 18.6 Å². The van der Waals surface area contributed by atoms with Crippen molar-refractivity contribution in [3.05, 3.63) is 29.8 Å². The molecule has 0 aromatic heterocycles. The van der Waals surface area contributed by atoms with E-state index in [1.807, 2.05) is 10.0 Å². The number of imide groups is 1. The molecule has 2 amide bonds. The van der Waals surface area contributed by atoms with Gasteiger partial charge in [-0.25, -0.2) is 17.2 Å². The molecule has 0 radical (unpaired) electrons. The van der Waals surface area contributed by atoms with E-state index in [-0.39, 0.29) is 12.8 Å². The standard InChI is InChI=1S/C11H10F2N2O4S/c12-6-3-7(13)5-8(4-6)20(18,19)15-9-1-2-10(16)14-11(9)17/h3-5,9,15H,1-2H2,(H,14,16,17). The second-order valence-electron chi connectivity index (χ2n) is 4.23. The minimum Gasteiger partial charge on any atom is -0.295 e. The first-order chi connectivity index (χ1) is 9.28. The highest BCUT2D eigenvalue weighted by atomic mass is 32.2. The number of sulfonamides is 1. The highest BCUT2D eigenvalue weighted by Crippen LogP contribution is 2.15. The zero-order valence-corrected chi connectivity index (χ0v) is 10.8. The van der Waals surface area contributed by atoms with Gasteiger partial charge in [-0.2, -0.15) is 4.72 Å². The Morgan fingerprint density at radius 2 is 1.75 bits per heavy atom. The van der Waals surface area contributed by atoms with Crippen molar-refractivity contribution in [2.75, 3.05) is 0 Å². The van der Waals surface area contributed by atoms with Gasteiger partial charge in [-0.3, -0.25) is 14.9 Å².